The van der Waals surface area contributed by atoms with Crippen molar-refractivity contribution in [3.05, 3.63) is 46.8 Å². The maximum absolute atomic E-state index is 9.49. The molecule has 0 bridgehead atoms. The van der Waals surface area contributed by atoms with E-state index in [0.717, 1.165) is 35.5 Å². The molecule has 1 aromatic heterocycles. The van der Waals surface area contributed by atoms with Gasteiger partial charge in [0.15, 0.2) is 0 Å². The average Bonchev–Trinajstić information content (AvgIpc) is 2.85. The predicted octanol–water partition coefficient (Wildman–Crippen LogP) is 2.30. The van der Waals surface area contributed by atoms with Gasteiger partial charge in [0.05, 0.1) is 30.0 Å². The zero-order valence-electron chi connectivity index (χ0n) is 11.5. The maximum Gasteiger partial charge on any atom is 0.0918 e. The van der Waals surface area contributed by atoms with Crippen molar-refractivity contribution in [1.29, 1.82) is 5.26 Å². The summed E-state index contributed by atoms with van der Waals surface area (Å²) in [6.45, 7) is 2.00. The second kappa shape index (κ2) is 5.10. The van der Waals surface area contributed by atoms with Crippen molar-refractivity contribution < 1.29 is 5.11 Å². The van der Waals surface area contributed by atoms with Gasteiger partial charge in [-0.15, -0.1) is 0 Å². The standard InChI is InChI=1S/C16H17N3O/c1-11-3-2-4-13(7-11)19-16-8-12(9-17)5-6-14(16)15(10-20)18-19/h2-4,7,12,20H,5-6,8,10H2,1H3. The summed E-state index contributed by atoms with van der Waals surface area (Å²) in [5.74, 6) is 0.0503. The van der Waals surface area contributed by atoms with Crippen molar-refractivity contribution in [3.8, 4) is 11.8 Å². The molecule has 4 nitrogen and oxygen atoms in total. The molecule has 0 amide bonds. The summed E-state index contributed by atoms with van der Waals surface area (Å²) < 4.78 is 1.90. The van der Waals surface area contributed by atoms with E-state index >= 15 is 0 Å². The van der Waals surface area contributed by atoms with Crippen LogP contribution in [0.25, 0.3) is 5.69 Å². The molecule has 0 spiro atoms. The lowest BCUT2D eigenvalue weighted by atomic mass is 9.87. The highest BCUT2D eigenvalue weighted by Gasteiger charge is 2.26. The molecule has 1 unspecified atom stereocenters. The summed E-state index contributed by atoms with van der Waals surface area (Å²) >= 11 is 0. The zero-order valence-corrected chi connectivity index (χ0v) is 11.5. The molecule has 0 saturated heterocycles. The number of hydrogen-bond acceptors (Lipinski definition) is 3. The van der Waals surface area contributed by atoms with E-state index in [2.05, 4.69) is 17.2 Å². The van der Waals surface area contributed by atoms with Crippen LogP contribution in [0.15, 0.2) is 24.3 Å². The Bertz CT molecular complexity index is 682. The summed E-state index contributed by atoms with van der Waals surface area (Å²) in [4.78, 5) is 0. The van der Waals surface area contributed by atoms with Crippen LogP contribution in [-0.2, 0) is 19.4 Å². The number of aromatic nitrogens is 2. The van der Waals surface area contributed by atoms with Crippen LogP contribution in [0.5, 0.6) is 0 Å². The average molecular weight is 267 g/mol. The number of aryl methyl sites for hydroxylation is 1. The minimum atomic E-state index is -0.0433. The van der Waals surface area contributed by atoms with Gasteiger partial charge in [0, 0.05) is 12.1 Å². The van der Waals surface area contributed by atoms with Crippen LogP contribution < -0.4 is 0 Å². The fraction of sp³-hybridized carbons (Fsp3) is 0.375. The molecule has 1 atom stereocenters. The number of benzene rings is 1. The third-order valence-electron chi connectivity index (χ3n) is 3.93. The fourth-order valence-corrected chi connectivity index (χ4v) is 2.90. The van der Waals surface area contributed by atoms with E-state index in [-0.39, 0.29) is 12.5 Å². The van der Waals surface area contributed by atoms with Gasteiger partial charge in [0.25, 0.3) is 0 Å². The van der Waals surface area contributed by atoms with E-state index in [1.807, 2.05) is 29.8 Å². The molecule has 0 aliphatic heterocycles. The molecule has 1 aliphatic rings. The molecule has 1 aliphatic carbocycles. The lowest BCUT2D eigenvalue weighted by molar-refractivity contribution is 0.274. The van der Waals surface area contributed by atoms with E-state index < -0.39 is 0 Å². The minimum absolute atomic E-state index is 0.0433. The first-order chi connectivity index (χ1) is 9.72. The predicted molar refractivity (Wildman–Crippen MR) is 75.4 cm³/mol. The zero-order chi connectivity index (χ0) is 14.1. The molecule has 4 heteroatoms. The topological polar surface area (TPSA) is 61.8 Å². The maximum atomic E-state index is 9.49. The van der Waals surface area contributed by atoms with Crippen LogP contribution in [0.1, 0.15) is 28.9 Å². The van der Waals surface area contributed by atoms with Gasteiger partial charge in [-0.1, -0.05) is 12.1 Å². The van der Waals surface area contributed by atoms with E-state index in [1.54, 1.807) is 0 Å². The monoisotopic (exact) mass is 267 g/mol. The summed E-state index contributed by atoms with van der Waals surface area (Å²) in [6.07, 6.45) is 2.40. The van der Waals surface area contributed by atoms with Gasteiger partial charge >= 0.3 is 0 Å². The number of aliphatic hydroxyl groups is 1. The minimum Gasteiger partial charge on any atom is -0.390 e. The van der Waals surface area contributed by atoms with Gasteiger partial charge in [-0.2, -0.15) is 10.4 Å². The van der Waals surface area contributed by atoms with Crippen molar-refractivity contribution in [2.45, 2.75) is 32.8 Å². The highest BCUT2D eigenvalue weighted by Crippen LogP contribution is 2.30. The number of fused-ring (bicyclic) bond motifs is 1. The van der Waals surface area contributed by atoms with Gasteiger partial charge in [-0.3, -0.25) is 0 Å². The second-order valence-electron chi connectivity index (χ2n) is 5.35. The van der Waals surface area contributed by atoms with Crippen LogP contribution in [0.4, 0.5) is 0 Å². The Labute approximate surface area is 118 Å². The summed E-state index contributed by atoms with van der Waals surface area (Å²) in [5.41, 5.74) is 5.13. The van der Waals surface area contributed by atoms with Crippen LogP contribution in [-0.4, -0.2) is 14.9 Å². The number of hydrogen-bond donors (Lipinski definition) is 1. The lowest BCUT2D eigenvalue weighted by Crippen LogP contribution is -2.15. The Hall–Kier alpha value is -2.12. The van der Waals surface area contributed by atoms with Crippen LogP contribution in [0.3, 0.4) is 0 Å². The van der Waals surface area contributed by atoms with Gasteiger partial charge in [0.1, 0.15) is 0 Å². The molecule has 102 valence electrons. The third kappa shape index (κ3) is 2.10. The molecule has 3 rings (SSSR count). The first-order valence-electron chi connectivity index (χ1n) is 6.90. The van der Waals surface area contributed by atoms with Gasteiger partial charge < -0.3 is 5.11 Å². The SMILES string of the molecule is Cc1cccc(-n2nc(CO)c3c2CC(C#N)CC3)c1. The number of nitriles is 1. The highest BCUT2D eigenvalue weighted by molar-refractivity contribution is 5.41. The normalized spacial score (nSPS) is 17.6. The lowest BCUT2D eigenvalue weighted by Gasteiger charge is -2.18. The molecular weight excluding hydrogens is 250 g/mol. The number of nitrogens with zero attached hydrogens (tertiary/aromatic N) is 3. The molecular formula is C16H17N3O. The summed E-state index contributed by atoms with van der Waals surface area (Å²) in [5, 5.41) is 23.2. The van der Waals surface area contributed by atoms with Crippen molar-refractivity contribution in [2.75, 3.05) is 0 Å². The van der Waals surface area contributed by atoms with Crippen molar-refractivity contribution >= 4 is 0 Å². The van der Waals surface area contributed by atoms with Gasteiger partial charge in [-0.05, 0) is 43.0 Å². The number of aliphatic hydroxyl groups excluding tert-OH is 1. The Morgan fingerprint density at radius 1 is 1.50 bits per heavy atom. The quantitative estimate of drug-likeness (QED) is 0.908. The largest absolute Gasteiger partial charge is 0.390 e. The van der Waals surface area contributed by atoms with E-state index in [4.69, 9.17) is 5.26 Å². The first kappa shape index (κ1) is 12.9. The van der Waals surface area contributed by atoms with E-state index in [9.17, 15) is 5.11 Å². The van der Waals surface area contributed by atoms with E-state index in [0.29, 0.717) is 6.42 Å². The second-order valence-corrected chi connectivity index (χ2v) is 5.35. The van der Waals surface area contributed by atoms with Crippen LogP contribution >= 0.6 is 0 Å². The number of rotatable bonds is 2. The van der Waals surface area contributed by atoms with E-state index in [1.165, 1.54) is 5.56 Å². The Kier molecular flexibility index (Phi) is 3.29. The summed E-state index contributed by atoms with van der Waals surface area (Å²) in [6, 6.07) is 10.5. The Balaban J connectivity index is 2.12. The van der Waals surface area contributed by atoms with Crippen LogP contribution in [0, 0.1) is 24.2 Å². The van der Waals surface area contributed by atoms with Crippen molar-refractivity contribution in [3.63, 3.8) is 0 Å². The molecule has 1 aromatic carbocycles. The molecule has 20 heavy (non-hydrogen) atoms. The van der Waals surface area contributed by atoms with Gasteiger partial charge in [-0.25, -0.2) is 4.68 Å². The molecule has 0 saturated carbocycles. The Morgan fingerprint density at radius 2 is 2.35 bits per heavy atom. The molecule has 1 N–H and O–H groups in total. The highest BCUT2D eigenvalue weighted by atomic mass is 16.3. The smallest absolute Gasteiger partial charge is 0.0918 e. The summed E-state index contributed by atoms with van der Waals surface area (Å²) in [7, 11) is 0. The molecule has 0 radical (unpaired) electrons. The van der Waals surface area contributed by atoms with Crippen LogP contribution in [0.2, 0.25) is 0 Å². The fourth-order valence-electron chi connectivity index (χ4n) is 2.90. The van der Waals surface area contributed by atoms with Crippen molar-refractivity contribution in [1.82, 2.24) is 9.78 Å². The van der Waals surface area contributed by atoms with Crippen molar-refractivity contribution in [2.24, 2.45) is 5.92 Å². The molecule has 1 heterocycles. The molecule has 0 fully saturated rings. The first-order valence-corrected chi connectivity index (χ1v) is 6.90. The van der Waals surface area contributed by atoms with Gasteiger partial charge in [0.2, 0.25) is 0 Å². The third-order valence-corrected chi connectivity index (χ3v) is 3.93. The Morgan fingerprint density at radius 3 is 3.05 bits per heavy atom. The molecule has 2 aromatic rings.